The molecule has 0 spiro atoms. The molecule has 0 unspecified atom stereocenters. The van der Waals surface area contributed by atoms with Crippen LogP contribution in [0.1, 0.15) is 12.8 Å². The van der Waals surface area contributed by atoms with Crippen molar-refractivity contribution in [3.05, 3.63) is 35.1 Å². The topological polar surface area (TPSA) is 37.0 Å². The van der Waals surface area contributed by atoms with E-state index in [1.807, 2.05) is 12.4 Å². The SMILES string of the molecule is Brc1cncc2cccc(NC3CCNCC3)c12.Cl. The molecule has 19 heavy (non-hydrogen) atoms. The molecule has 0 radical (unpaired) electrons. The summed E-state index contributed by atoms with van der Waals surface area (Å²) in [6.07, 6.45) is 6.13. The lowest BCUT2D eigenvalue weighted by atomic mass is 10.0. The molecule has 5 heteroatoms. The predicted octanol–water partition coefficient (Wildman–Crippen LogP) is 3.58. The fraction of sp³-hybridized carbons (Fsp3) is 0.357. The van der Waals surface area contributed by atoms with Crippen molar-refractivity contribution < 1.29 is 0 Å². The first-order chi connectivity index (χ1) is 8.84. The molecule has 0 aliphatic carbocycles. The lowest BCUT2D eigenvalue weighted by Crippen LogP contribution is -2.35. The molecule has 1 aromatic heterocycles. The van der Waals surface area contributed by atoms with Crippen LogP contribution in [0.5, 0.6) is 0 Å². The minimum absolute atomic E-state index is 0. The molecule has 1 aromatic carbocycles. The van der Waals surface area contributed by atoms with Gasteiger partial charge in [0, 0.05) is 39.4 Å². The number of hydrogen-bond donors (Lipinski definition) is 2. The van der Waals surface area contributed by atoms with Crippen molar-refractivity contribution >= 4 is 44.8 Å². The Hall–Kier alpha value is -0.840. The van der Waals surface area contributed by atoms with Crippen molar-refractivity contribution in [1.29, 1.82) is 0 Å². The largest absolute Gasteiger partial charge is 0.382 e. The number of aromatic nitrogens is 1. The molecule has 0 atom stereocenters. The quantitative estimate of drug-likeness (QED) is 0.876. The van der Waals surface area contributed by atoms with Gasteiger partial charge in [-0.25, -0.2) is 0 Å². The average molecular weight is 343 g/mol. The van der Waals surface area contributed by atoms with Gasteiger partial charge in [-0.1, -0.05) is 12.1 Å². The molecule has 1 aliphatic rings. The van der Waals surface area contributed by atoms with Crippen LogP contribution in [-0.2, 0) is 0 Å². The maximum Gasteiger partial charge on any atom is 0.0457 e. The smallest absolute Gasteiger partial charge is 0.0457 e. The van der Waals surface area contributed by atoms with Crippen LogP contribution < -0.4 is 10.6 Å². The van der Waals surface area contributed by atoms with E-state index in [1.54, 1.807) is 0 Å². The van der Waals surface area contributed by atoms with Crippen molar-refractivity contribution in [2.75, 3.05) is 18.4 Å². The second-order valence-corrected chi connectivity index (χ2v) is 5.55. The summed E-state index contributed by atoms with van der Waals surface area (Å²) >= 11 is 3.60. The van der Waals surface area contributed by atoms with Crippen LogP contribution in [0, 0.1) is 0 Å². The summed E-state index contributed by atoms with van der Waals surface area (Å²) in [4.78, 5) is 4.22. The van der Waals surface area contributed by atoms with Gasteiger partial charge in [0.15, 0.2) is 0 Å². The first-order valence-corrected chi connectivity index (χ1v) is 7.13. The number of anilines is 1. The van der Waals surface area contributed by atoms with Gasteiger partial charge in [0.2, 0.25) is 0 Å². The van der Waals surface area contributed by atoms with Crippen LogP contribution >= 0.6 is 28.3 Å². The number of nitrogens with zero attached hydrogens (tertiary/aromatic N) is 1. The molecular weight excluding hydrogens is 326 g/mol. The molecule has 3 rings (SSSR count). The molecule has 102 valence electrons. The van der Waals surface area contributed by atoms with Crippen LogP contribution in [0.15, 0.2) is 35.1 Å². The molecule has 0 saturated carbocycles. The maximum absolute atomic E-state index is 4.22. The molecule has 1 saturated heterocycles. The Kier molecular flexibility index (Phi) is 5.02. The highest BCUT2D eigenvalue weighted by atomic mass is 79.9. The lowest BCUT2D eigenvalue weighted by molar-refractivity contribution is 0.479. The summed E-state index contributed by atoms with van der Waals surface area (Å²) in [7, 11) is 0. The van der Waals surface area contributed by atoms with E-state index in [1.165, 1.54) is 29.3 Å². The van der Waals surface area contributed by atoms with E-state index in [4.69, 9.17) is 0 Å². The minimum atomic E-state index is 0. The van der Waals surface area contributed by atoms with Crippen LogP contribution in [0.4, 0.5) is 5.69 Å². The summed E-state index contributed by atoms with van der Waals surface area (Å²) in [5, 5.41) is 9.45. The number of hydrogen-bond acceptors (Lipinski definition) is 3. The van der Waals surface area contributed by atoms with Gasteiger partial charge < -0.3 is 10.6 Å². The second kappa shape index (κ2) is 6.55. The van der Waals surface area contributed by atoms with Crippen molar-refractivity contribution in [2.45, 2.75) is 18.9 Å². The number of fused-ring (bicyclic) bond motifs is 1. The van der Waals surface area contributed by atoms with Gasteiger partial charge in [-0.2, -0.15) is 0 Å². The van der Waals surface area contributed by atoms with E-state index in [9.17, 15) is 0 Å². The monoisotopic (exact) mass is 341 g/mol. The van der Waals surface area contributed by atoms with Gasteiger partial charge in [0.1, 0.15) is 0 Å². The molecule has 0 amide bonds. The Morgan fingerprint density at radius 1 is 1.21 bits per heavy atom. The zero-order chi connectivity index (χ0) is 12.4. The number of halogens is 2. The van der Waals surface area contributed by atoms with Crippen LogP contribution in [0.25, 0.3) is 10.8 Å². The zero-order valence-electron chi connectivity index (χ0n) is 10.5. The van der Waals surface area contributed by atoms with Crippen molar-refractivity contribution in [3.63, 3.8) is 0 Å². The van der Waals surface area contributed by atoms with E-state index in [0.29, 0.717) is 6.04 Å². The van der Waals surface area contributed by atoms with Gasteiger partial charge in [-0.15, -0.1) is 12.4 Å². The van der Waals surface area contributed by atoms with Gasteiger partial charge in [0.05, 0.1) is 0 Å². The molecule has 2 heterocycles. The van der Waals surface area contributed by atoms with Crippen molar-refractivity contribution in [1.82, 2.24) is 10.3 Å². The number of benzene rings is 1. The summed E-state index contributed by atoms with van der Waals surface area (Å²) in [6.45, 7) is 2.20. The standard InChI is InChI=1S/C14H16BrN3.ClH/c15-12-9-17-8-10-2-1-3-13(14(10)12)18-11-4-6-16-7-5-11;/h1-3,8-9,11,16,18H,4-7H2;1H. The number of nitrogens with one attached hydrogen (secondary N) is 2. The molecule has 1 aliphatic heterocycles. The fourth-order valence-corrected chi connectivity index (χ4v) is 3.06. The number of rotatable bonds is 2. The molecule has 1 fully saturated rings. The first kappa shape index (κ1) is 14.6. The third-order valence-corrected chi connectivity index (χ3v) is 4.04. The Morgan fingerprint density at radius 3 is 2.79 bits per heavy atom. The van der Waals surface area contributed by atoms with Crippen molar-refractivity contribution in [2.24, 2.45) is 0 Å². The van der Waals surface area contributed by atoms with Gasteiger partial charge >= 0.3 is 0 Å². The number of piperidine rings is 1. The fourth-order valence-electron chi connectivity index (χ4n) is 2.50. The van der Waals surface area contributed by atoms with Crippen LogP contribution in [0.2, 0.25) is 0 Å². The Morgan fingerprint density at radius 2 is 2.00 bits per heavy atom. The third-order valence-electron chi connectivity index (χ3n) is 3.44. The Balaban J connectivity index is 0.00000133. The summed E-state index contributed by atoms with van der Waals surface area (Å²) in [6, 6.07) is 6.90. The van der Waals surface area contributed by atoms with Crippen molar-refractivity contribution in [3.8, 4) is 0 Å². The first-order valence-electron chi connectivity index (χ1n) is 6.34. The summed E-state index contributed by atoms with van der Waals surface area (Å²) in [5.74, 6) is 0. The highest BCUT2D eigenvalue weighted by molar-refractivity contribution is 9.10. The van der Waals surface area contributed by atoms with E-state index < -0.39 is 0 Å². The van der Waals surface area contributed by atoms with Crippen LogP contribution in [0.3, 0.4) is 0 Å². The summed E-state index contributed by atoms with van der Waals surface area (Å²) < 4.78 is 1.05. The second-order valence-electron chi connectivity index (χ2n) is 4.69. The molecule has 2 N–H and O–H groups in total. The molecule has 3 nitrogen and oxygen atoms in total. The Labute approximate surface area is 127 Å². The maximum atomic E-state index is 4.22. The number of pyridine rings is 1. The molecule has 0 bridgehead atoms. The van der Waals surface area contributed by atoms with Gasteiger partial charge in [0.25, 0.3) is 0 Å². The van der Waals surface area contributed by atoms with E-state index in [0.717, 1.165) is 17.6 Å². The minimum Gasteiger partial charge on any atom is -0.382 e. The lowest BCUT2D eigenvalue weighted by Gasteiger charge is -2.25. The van der Waals surface area contributed by atoms with E-state index >= 15 is 0 Å². The van der Waals surface area contributed by atoms with E-state index in [-0.39, 0.29) is 12.4 Å². The average Bonchev–Trinajstić information content (AvgIpc) is 2.40. The summed E-state index contributed by atoms with van der Waals surface area (Å²) in [5.41, 5.74) is 1.20. The normalized spacial score (nSPS) is 16.1. The third kappa shape index (κ3) is 3.19. The van der Waals surface area contributed by atoms with Gasteiger partial charge in [-0.05, 0) is 47.9 Å². The Bertz CT molecular complexity index is 550. The molecule has 2 aromatic rings. The van der Waals surface area contributed by atoms with Gasteiger partial charge in [-0.3, -0.25) is 4.98 Å². The zero-order valence-corrected chi connectivity index (χ0v) is 12.9. The van der Waals surface area contributed by atoms with E-state index in [2.05, 4.69) is 49.7 Å². The molecular formula is C14H17BrClN3. The predicted molar refractivity (Wildman–Crippen MR) is 86.2 cm³/mol. The highest BCUT2D eigenvalue weighted by Crippen LogP contribution is 2.30. The van der Waals surface area contributed by atoms with Crippen LogP contribution in [-0.4, -0.2) is 24.1 Å². The highest BCUT2D eigenvalue weighted by Gasteiger charge is 2.14.